The molecule has 0 aliphatic carbocycles. The monoisotopic (exact) mass is 318 g/mol. The second-order valence-electron chi connectivity index (χ2n) is 4.98. The molecule has 0 radical (unpaired) electrons. The normalized spacial score (nSPS) is 16.7. The fraction of sp³-hybridized carbons (Fsp3) is 0.235. The Morgan fingerprint density at radius 3 is 2.59 bits per heavy atom. The lowest BCUT2D eigenvalue weighted by atomic mass is 9.89. The average molecular weight is 319 g/mol. The van der Waals surface area contributed by atoms with Crippen LogP contribution in [0.25, 0.3) is 0 Å². The third-order valence-corrected chi connectivity index (χ3v) is 3.97. The summed E-state index contributed by atoms with van der Waals surface area (Å²) in [5.74, 6) is 1.40. The molecule has 0 bridgehead atoms. The van der Waals surface area contributed by atoms with Gasteiger partial charge in [0.25, 0.3) is 0 Å². The molecule has 3 rings (SSSR count). The summed E-state index contributed by atoms with van der Waals surface area (Å²) in [6.45, 7) is 0.295. The molecule has 2 aromatic rings. The number of hydrogen-bond acceptors (Lipinski definition) is 4. The number of halogens is 1. The van der Waals surface area contributed by atoms with E-state index in [1.165, 1.54) is 0 Å². The summed E-state index contributed by atoms with van der Waals surface area (Å²) in [5, 5.41) is 0.517. The third kappa shape index (κ3) is 2.50. The van der Waals surface area contributed by atoms with Gasteiger partial charge in [0.1, 0.15) is 12.4 Å². The van der Waals surface area contributed by atoms with Crippen LogP contribution in [0.1, 0.15) is 21.8 Å². The van der Waals surface area contributed by atoms with Crippen LogP contribution >= 0.6 is 11.6 Å². The highest BCUT2D eigenvalue weighted by Gasteiger charge is 2.30. The molecule has 2 aromatic carbocycles. The number of hydrogen-bond donors (Lipinski definition) is 0. The minimum absolute atomic E-state index is 0.00373. The first-order chi connectivity index (χ1) is 10.6. The van der Waals surface area contributed by atoms with Gasteiger partial charge in [0.15, 0.2) is 17.3 Å². The summed E-state index contributed by atoms with van der Waals surface area (Å²) in [7, 11) is 3.14. The zero-order valence-corrected chi connectivity index (χ0v) is 13.0. The zero-order valence-electron chi connectivity index (χ0n) is 12.3. The highest BCUT2D eigenvalue weighted by molar-refractivity contribution is 6.31. The van der Waals surface area contributed by atoms with Crippen LogP contribution < -0.4 is 14.2 Å². The van der Waals surface area contributed by atoms with Crippen LogP contribution in [0.3, 0.4) is 0 Å². The van der Waals surface area contributed by atoms with Crippen molar-refractivity contribution in [1.82, 2.24) is 0 Å². The molecule has 0 aromatic heterocycles. The molecular weight excluding hydrogens is 304 g/mol. The molecule has 1 atom stereocenters. The van der Waals surface area contributed by atoms with Gasteiger partial charge in [-0.2, -0.15) is 0 Å². The van der Waals surface area contributed by atoms with E-state index >= 15 is 0 Å². The lowest BCUT2D eigenvalue weighted by Crippen LogP contribution is -2.26. The number of Topliss-reactive ketones (excluding diaryl/α,β-unsaturated/α-hetero) is 1. The Bertz CT molecular complexity index is 727. The van der Waals surface area contributed by atoms with E-state index < -0.39 is 0 Å². The van der Waals surface area contributed by atoms with Crippen molar-refractivity contribution in [2.24, 2.45) is 0 Å². The number of fused-ring (bicyclic) bond motifs is 1. The van der Waals surface area contributed by atoms with Crippen molar-refractivity contribution in [3.8, 4) is 17.2 Å². The first-order valence-corrected chi connectivity index (χ1v) is 7.20. The van der Waals surface area contributed by atoms with Gasteiger partial charge in [0, 0.05) is 5.02 Å². The molecule has 1 unspecified atom stereocenters. The maximum absolute atomic E-state index is 12.7. The van der Waals surface area contributed by atoms with E-state index in [2.05, 4.69) is 0 Å². The molecule has 5 heteroatoms. The van der Waals surface area contributed by atoms with Crippen molar-refractivity contribution in [2.45, 2.75) is 5.92 Å². The predicted octanol–water partition coefficient (Wildman–Crippen LogP) is 3.72. The van der Waals surface area contributed by atoms with E-state index in [0.29, 0.717) is 34.4 Å². The van der Waals surface area contributed by atoms with Crippen molar-refractivity contribution in [1.29, 1.82) is 0 Å². The fourth-order valence-corrected chi connectivity index (χ4v) is 2.75. The second kappa shape index (κ2) is 5.89. The van der Waals surface area contributed by atoms with Gasteiger partial charge in [-0.25, -0.2) is 0 Å². The van der Waals surface area contributed by atoms with Gasteiger partial charge in [-0.05, 0) is 35.9 Å². The molecular formula is C17H15ClO4. The molecule has 114 valence electrons. The Morgan fingerprint density at radius 2 is 1.86 bits per heavy atom. The minimum atomic E-state index is -0.384. The minimum Gasteiger partial charge on any atom is -0.493 e. The lowest BCUT2D eigenvalue weighted by Gasteiger charge is -2.25. The summed E-state index contributed by atoms with van der Waals surface area (Å²) in [4.78, 5) is 12.7. The van der Waals surface area contributed by atoms with Gasteiger partial charge in [0.05, 0.1) is 25.7 Å². The Labute approximate surface area is 133 Å². The molecule has 1 aliphatic rings. The molecule has 0 amide bonds. The number of benzene rings is 2. The topological polar surface area (TPSA) is 44.8 Å². The van der Waals surface area contributed by atoms with Crippen LogP contribution in [0, 0.1) is 0 Å². The van der Waals surface area contributed by atoms with Crippen molar-refractivity contribution < 1.29 is 19.0 Å². The highest BCUT2D eigenvalue weighted by Crippen LogP contribution is 2.37. The Morgan fingerprint density at radius 1 is 1.09 bits per heavy atom. The standard InChI is InChI=1S/C17H15ClO4/c1-20-15-5-3-10(7-16(15)21-2)13-9-22-14-6-4-11(18)8-12(14)17(13)19/h3-8,13H,9H2,1-2H3. The Kier molecular flexibility index (Phi) is 3.94. The summed E-state index contributed by atoms with van der Waals surface area (Å²) in [5.41, 5.74) is 1.34. The number of methoxy groups -OCH3 is 2. The number of carbonyl (C=O) groups is 1. The first kappa shape index (κ1) is 14.7. The van der Waals surface area contributed by atoms with Crippen molar-refractivity contribution in [3.63, 3.8) is 0 Å². The molecule has 4 nitrogen and oxygen atoms in total. The van der Waals surface area contributed by atoms with Crippen molar-refractivity contribution in [3.05, 3.63) is 52.5 Å². The zero-order chi connectivity index (χ0) is 15.7. The van der Waals surface area contributed by atoms with Gasteiger partial charge in [-0.1, -0.05) is 17.7 Å². The molecule has 22 heavy (non-hydrogen) atoms. The fourth-order valence-electron chi connectivity index (χ4n) is 2.57. The van der Waals surface area contributed by atoms with E-state index in [1.54, 1.807) is 44.6 Å². The molecule has 1 heterocycles. The molecule has 0 spiro atoms. The van der Waals surface area contributed by atoms with Crippen LogP contribution in [0.4, 0.5) is 0 Å². The average Bonchev–Trinajstić information content (AvgIpc) is 2.55. The van der Waals surface area contributed by atoms with Gasteiger partial charge in [0.2, 0.25) is 0 Å². The highest BCUT2D eigenvalue weighted by atomic mass is 35.5. The third-order valence-electron chi connectivity index (χ3n) is 3.74. The van der Waals surface area contributed by atoms with E-state index in [0.717, 1.165) is 5.56 Å². The maximum atomic E-state index is 12.7. The molecule has 0 saturated carbocycles. The number of ether oxygens (including phenoxy) is 3. The number of ketones is 1. The van der Waals surface area contributed by atoms with Crippen LogP contribution in [-0.4, -0.2) is 26.6 Å². The summed E-state index contributed by atoms with van der Waals surface area (Å²) >= 11 is 5.98. The summed E-state index contributed by atoms with van der Waals surface area (Å²) < 4.78 is 16.2. The molecule has 0 saturated heterocycles. The van der Waals surface area contributed by atoms with Crippen LogP contribution in [0.5, 0.6) is 17.2 Å². The van der Waals surface area contributed by atoms with Gasteiger partial charge < -0.3 is 14.2 Å². The number of rotatable bonds is 3. The van der Waals surface area contributed by atoms with Crippen molar-refractivity contribution >= 4 is 17.4 Å². The van der Waals surface area contributed by atoms with Gasteiger partial charge in [-0.15, -0.1) is 0 Å². The molecule has 0 fully saturated rings. The first-order valence-electron chi connectivity index (χ1n) is 6.82. The van der Waals surface area contributed by atoms with Crippen molar-refractivity contribution in [2.75, 3.05) is 20.8 Å². The van der Waals surface area contributed by atoms with Gasteiger partial charge in [-0.3, -0.25) is 4.79 Å². The molecule has 1 aliphatic heterocycles. The predicted molar refractivity (Wildman–Crippen MR) is 83.6 cm³/mol. The second-order valence-corrected chi connectivity index (χ2v) is 5.42. The summed E-state index contributed by atoms with van der Waals surface area (Å²) in [6.07, 6.45) is 0. The largest absolute Gasteiger partial charge is 0.493 e. The SMILES string of the molecule is COc1ccc(C2COc3ccc(Cl)cc3C2=O)cc1OC. The molecule has 0 N–H and O–H groups in total. The van der Waals surface area contributed by atoms with E-state index in [-0.39, 0.29) is 11.7 Å². The Hall–Kier alpha value is -2.20. The smallest absolute Gasteiger partial charge is 0.177 e. The lowest BCUT2D eigenvalue weighted by molar-refractivity contribution is 0.0896. The van der Waals surface area contributed by atoms with E-state index in [1.807, 2.05) is 6.07 Å². The van der Waals surface area contributed by atoms with Crippen LogP contribution in [0.2, 0.25) is 5.02 Å². The number of carbonyl (C=O) groups excluding carboxylic acids is 1. The Balaban J connectivity index is 1.98. The maximum Gasteiger partial charge on any atom is 0.177 e. The van der Waals surface area contributed by atoms with E-state index in [4.69, 9.17) is 25.8 Å². The summed E-state index contributed by atoms with van der Waals surface area (Å²) in [6, 6.07) is 10.5. The van der Waals surface area contributed by atoms with E-state index in [9.17, 15) is 4.79 Å². The van der Waals surface area contributed by atoms with Crippen LogP contribution in [0.15, 0.2) is 36.4 Å². The quantitative estimate of drug-likeness (QED) is 0.865. The van der Waals surface area contributed by atoms with Gasteiger partial charge >= 0.3 is 0 Å². The van der Waals surface area contributed by atoms with Crippen LogP contribution in [-0.2, 0) is 0 Å².